The van der Waals surface area contributed by atoms with Crippen molar-refractivity contribution in [1.29, 1.82) is 0 Å². The van der Waals surface area contributed by atoms with E-state index in [1.54, 1.807) is 0 Å². The first-order valence-electron chi connectivity index (χ1n) is 8.15. The predicted octanol–water partition coefficient (Wildman–Crippen LogP) is 3.14. The van der Waals surface area contributed by atoms with Gasteiger partial charge in [-0.25, -0.2) is 5.11 Å². The maximum atomic E-state index is 11.4. The number of carbonyl (C=O) groups is 1. The largest absolute Gasteiger partial charge is 0.373 e. The Morgan fingerprint density at radius 3 is 2.21 bits per heavy atom. The molecule has 2 aromatic rings. The van der Waals surface area contributed by atoms with Crippen LogP contribution >= 0.6 is 0 Å². The number of carbonyl (C=O) groups excluding carboxylic acids is 1. The molecule has 2 aromatic carbocycles. The molecule has 2 N–H and O–H groups in total. The van der Waals surface area contributed by atoms with Gasteiger partial charge in [-0.3, -0.25) is 0 Å². The summed E-state index contributed by atoms with van der Waals surface area (Å²) in [4.78, 5) is 11.3. The molecule has 0 bridgehead atoms. The number of hydrogen-bond donors (Lipinski definition) is 2. The normalized spacial score (nSPS) is 14.7. The van der Waals surface area contributed by atoms with Gasteiger partial charge in [0.15, 0.2) is 0 Å². The van der Waals surface area contributed by atoms with Crippen molar-refractivity contribution in [1.82, 2.24) is 0 Å². The smallest absolute Gasteiger partial charge is 0.128 e. The zero-order chi connectivity index (χ0) is 17.5. The lowest BCUT2D eigenvalue weighted by Gasteiger charge is -2.29. The van der Waals surface area contributed by atoms with Gasteiger partial charge in [-0.05, 0) is 37.0 Å². The second-order valence-electron chi connectivity index (χ2n) is 6.18. The minimum Gasteiger partial charge on any atom is -0.373 e. The van der Waals surface area contributed by atoms with Crippen molar-refractivity contribution in [2.24, 2.45) is 11.8 Å². The molecular weight excluding hydrogens is 302 g/mol. The SMILES string of the molecule is Cc1cccc(C)c1NC(O)C(Cc1ccccc1)C(C=O)C[O]. The molecular formula is C20H24NO3. The van der Waals surface area contributed by atoms with Crippen molar-refractivity contribution in [3.05, 3.63) is 65.2 Å². The van der Waals surface area contributed by atoms with Crippen LogP contribution in [0.4, 0.5) is 5.69 Å². The Hall–Kier alpha value is -2.17. The maximum absolute atomic E-state index is 11.4. The van der Waals surface area contributed by atoms with E-state index in [4.69, 9.17) is 0 Å². The summed E-state index contributed by atoms with van der Waals surface area (Å²) < 4.78 is 0. The van der Waals surface area contributed by atoms with Gasteiger partial charge in [-0.1, -0.05) is 48.5 Å². The van der Waals surface area contributed by atoms with E-state index in [0.29, 0.717) is 12.7 Å². The third-order valence-electron chi connectivity index (χ3n) is 4.41. The molecule has 0 saturated heterocycles. The number of para-hydroxylation sites is 1. The molecule has 1 radical (unpaired) electrons. The molecule has 4 nitrogen and oxygen atoms in total. The molecule has 0 saturated carbocycles. The first-order valence-corrected chi connectivity index (χ1v) is 8.15. The number of aliphatic hydroxyl groups excluding tert-OH is 1. The monoisotopic (exact) mass is 326 g/mol. The summed E-state index contributed by atoms with van der Waals surface area (Å²) in [6.45, 7) is 3.38. The van der Waals surface area contributed by atoms with Crippen LogP contribution in [-0.2, 0) is 16.3 Å². The van der Waals surface area contributed by atoms with Gasteiger partial charge in [0.1, 0.15) is 12.5 Å². The zero-order valence-electron chi connectivity index (χ0n) is 14.1. The quantitative estimate of drug-likeness (QED) is 0.578. The van der Waals surface area contributed by atoms with Crippen LogP contribution in [0.15, 0.2) is 48.5 Å². The summed E-state index contributed by atoms with van der Waals surface area (Å²) in [7, 11) is 0. The number of benzene rings is 2. The molecule has 0 aliphatic rings. The van der Waals surface area contributed by atoms with Crippen LogP contribution in [0, 0.1) is 25.7 Å². The Morgan fingerprint density at radius 1 is 1.04 bits per heavy atom. The van der Waals surface area contributed by atoms with Gasteiger partial charge in [0.2, 0.25) is 0 Å². The highest BCUT2D eigenvalue weighted by Crippen LogP contribution is 2.25. The van der Waals surface area contributed by atoms with Gasteiger partial charge in [0.05, 0.1) is 6.61 Å². The van der Waals surface area contributed by atoms with Gasteiger partial charge in [-0.15, -0.1) is 0 Å². The van der Waals surface area contributed by atoms with Crippen molar-refractivity contribution < 1.29 is 15.0 Å². The summed E-state index contributed by atoms with van der Waals surface area (Å²) >= 11 is 0. The molecule has 0 aromatic heterocycles. The molecule has 0 heterocycles. The average molecular weight is 326 g/mol. The summed E-state index contributed by atoms with van der Waals surface area (Å²) in [5.41, 5.74) is 3.86. The zero-order valence-corrected chi connectivity index (χ0v) is 14.1. The fraction of sp³-hybridized carbons (Fsp3) is 0.350. The van der Waals surface area contributed by atoms with E-state index in [1.165, 1.54) is 0 Å². The van der Waals surface area contributed by atoms with Crippen LogP contribution in [0.25, 0.3) is 0 Å². The number of aldehydes is 1. The van der Waals surface area contributed by atoms with Crippen molar-refractivity contribution in [3.63, 3.8) is 0 Å². The van der Waals surface area contributed by atoms with Crippen LogP contribution in [0.3, 0.4) is 0 Å². The van der Waals surface area contributed by atoms with Gasteiger partial charge >= 0.3 is 0 Å². The predicted molar refractivity (Wildman–Crippen MR) is 94.3 cm³/mol. The Labute approximate surface area is 143 Å². The molecule has 127 valence electrons. The second-order valence-corrected chi connectivity index (χ2v) is 6.18. The van der Waals surface area contributed by atoms with Gasteiger partial charge in [0, 0.05) is 17.5 Å². The van der Waals surface area contributed by atoms with E-state index >= 15 is 0 Å². The highest BCUT2D eigenvalue weighted by atomic mass is 16.3. The summed E-state index contributed by atoms with van der Waals surface area (Å²) in [5, 5.41) is 25.2. The van der Waals surface area contributed by atoms with Crippen molar-refractivity contribution in [2.75, 3.05) is 11.9 Å². The second kappa shape index (κ2) is 8.62. The van der Waals surface area contributed by atoms with Crippen LogP contribution in [0.1, 0.15) is 16.7 Å². The number of hydrogen-bond acceptors (Lipinski definition) is 3. The molecule has 0 aliphatic carbocycles. The molecule has 24 heavy (non-hydrogen) atoms. The molecule has 0 aliphatic heterocycles. The first kappa shape index (κ1) is 18.2. The average Bonchev–Trinajstić information content (AvgIpc) is 2.59. The lowest BCUT2D eigenvalue weighted by Crippen LogP contribution is -2.38. The Morgan fingerprint density at radius 2 is 1.67 bits per heavy atom. The maximum Gasteiger partial charge on any atom is 0.128 e. The first-order chi connectivity index (χ1) is 11.6. The minimum absolute atomic E-state index is 0.464. The van der Waals surface area contributed by atoms with Crippen LogP contribution in [0.5, 0.6) is 0 Å². The van der Waals surface area contributed by atoms with Crippen molar-refractivity contribution in [3.8, 4) is 0 Å². The van der Waals surface area contributed by atoms with E-state index in [0.717, 1.165) is 22.4 Å². The Kier molecular flexibility index (Phi) is 6.53. The van der Waals surface area contributed by atoms with Gasteiger partial charge in [0.25, 0.3) is 0 Å². The van der Waals surface area contributed by atoms with Gasteiger partial charge in [-0.2, -0.15) is 0 Å². The standard InChI is InChI=1S/C20H24NO3/c1-14-7-6-8-15(2)19(14)21-20(24)18(17(12-22)13-23)11-16-9-4-3-5-10-16/h3-10,12,17-18,20-21,24H,11,13H2,1-2H3. The fourth-order valence-corrected chi connectivity index (χ4v) is 2.94. The number of rotatable bonds is 8. The van der Waals surface area contributed by atoms with E-state index in [1.807, 2.05) is 62.4 Å². The number of aryl methyl sites for hydroxylation is 2. The lowest BCUT2D eigenvalue weighted by atomic mass is 9.86. The molecule has 0 fully saturated rings. The molecule has 3 atom stereocenters. The van der Waals surface area contributed by atoms with E-state index < -0.39 is 24.7 Å². The molecule has 3 unspecified atom stereocenters. The van der Waals surface area contributed by atoms with Crippen LogP contribution < -0.4 is 5.32 Å². The summed E-state index contributed by atoms with van der Waals surface area (Å²) in [6.07, 6.45) is 0.149. The summed E-state index contributed by atoms with van der Waals surface area (Å²) in [5.74, 6) is -1.22. The number of nitrogens with one attached hydrogen (secondary N) is 1. The van der Waals surface area contributed by atoms with E-state index in [2.05, 4.69) is 5.32 Å². The molecule has 4 heteroatoms. The van der Waals surface area contributed by atoms with Crippen molar-refractivity contribution >= 4 is 12.0 Å². The molecule has 0 amide bonds. The Bertz CT molecular complexity index is 637. The molecule has 0 spiro atoms. The van der Waals surface area contributed by atoms with Gasteiger partial charge < -0.3 is 15.2 Å². The topological polar surface area (TPSA) is 69.2 Å². The van der Waals surface area contributed by atoms with Crippen LogP contribution in [-0.4, -0.2) is 24.2 Å². The Balaban J connectivity index is 2.23. The van der Waals surface area contributed by atoms with E-state index in [9.17, 15) is 15.0 Å². The number of aliphatic hydroxyl groups is 1. The van der Waals surface area contributed by atoms with Crippen molar-refractivity contribution in [2.45, 2.75) is 26.5 Å². The third-order valence-corrected chi connectivity index (χ3v) is 4.41. The van der Waals surface area contributed by atoms with Crippen LogP contribution in [0.2, 0.25) is 0 Å². The number of anilines is 1. The summed E-state index contributed by atoms with van der Waals surface area (Å²) in [6, 6.07) is 15.5. The fourth-order valence-electron chi connectivity index (χ4n) is 2.94. The molecule has 2 rings (SSSR count). The minimum atomic E-state index is -0.978. The van der Waals surface area contributed by atoms with E-state index in [-0.39, 0.29) is 0 Å². The third kappa shape index (κ3) is 4.43. The lowest BCUT2D eigenvalue weighted by molar-refractivity contribution is -0.116. The highest BCUT2D eigenvalue weighted by molar-refractivity contribution is 5.58. The highest BCUT2D eigenvalue weighted by Gasteiger charge is 2.29.